The van der Waals surface area contributed by atoms with E-state index in [1.54, 1.807) is 36.4 Å². The van der Waals surface area contributed by atoms with Crippen LogP contribution in [-0.4, -0.2) is 22.5 Å². The zero-order valence-corrected chi connectivity index (χ0v) is 18.4. The molecule has 4 N–H and O–H groups in total. The van der Waals surface area contributed by atoms with Crippen molar-refractivity contribution >= 4 is 55.6 Å². The van der Waals surface area contributed by atoms with Crippen molar-refractivity contribution in [1.82, 2.24) is 9.97 Å². The highest BCUT2D eigenvalue weighted by molar-refractivity contribution is 9.10. The number of hydrogen-bond donors (Lipinski definition) is 3. The standard InChI is InChI=1S/C24H18BrN5O2/c1-2-15-4-3-5-17(10-15)29-24-19-12-18(7-9-21(19)27-14-28-24)32-13-23(31)30-22-8-6-16(25)11-20(22)26/h1,3-12,14H,13,26H2,(H,30,31)(H,27,28,29). The monoisotopic (exact) mass is 487 g/mol. The molecule has 32 heavy (non-hydrogen) atoms. The molecule has 8 heteroatoms. The van der Waals surface area contributed by atoms with Gasteiger partial charge in [-0.3, -0.25) is 4.79 Å². The quantitative estimate of drug-likeness (QED) is 0.268. The molecular formula is C24H18BrN5O2. The van der Waals surface area contributed by atoms with Crippen LogP contribution >= 0.6 is 15.9 Å². The number of hydrogen-bond acceptors (Lipinski definition) is 6. The van der Waals surface area contributed by atoms with Crippen LogP contribution in [0.25, 0.3) is 10.9 Å². The van der Waals surface area contributed by atoms with E-state index in [2.05, 4.69) is 42.5 Å². The molecule has 3 aromatic carbocycles. The summed E-state index contributed by atoms with van der Waals surface area (Å²) in [5.41, 5.74) is 9.20. The first-order valence-corrected chi connectivity index (χ1v) is 10.4. The van der Waals surface area contributed by atoms with Gasteiger partial charge in [-0.15, -0.1) is 6.42 Å². The summed E-state index contributed by atoms with van der Waals surface area (Å²) in [4.78, 5) is 20.9. The SMILES string of the molecule is C#Cc1cccc(Nc2ncnc3ccc(OCC(=O)Nc4ccc(Br)cc4N)cc23)c1. The molecule has 0 fully saturated rings. The summed E-state index contributed by atoms with van der Waals surface area (Å²) in [5.74, 6) is 3.39. The van der Waals surface area contributed by atoms with E-state index in [1.165, 1.54) is 6.33 Å². The number of terminal acetylenes is 1. The molecule has 1 amide bonds. The number of benzene rings is 3. The minimum absolute atomic E-state index is 0.179. The zero-order valence-electron chi connectivity index (χ0n) is 16.8. The van der Waals surface area contributed by atoms with E-state index in [4.69, 9.17) is 16.9 Å². The number of fused-ring (bicyclic) bond motifs is 1. The Morgan fingerprint density at radius 2 is 2.00 bits per heavy atom. The summed E-state index contributed by atoms with van der Waals surface area (Å²) in [6, 6.07) is 18.0. The second kappa shape index (κ2) is 9.37. The Labute approximate surface area is 193 Å². The van der Waals surface area contributed by atoms with E-state index in [0.717, 1.165) is 26.6 Å². The maximum absolute atomic E-state index is 12.3. The second-order valence-corrected chi connectivity index (χ2v) is 7.74. The average Bonchev–Trinajstić information content (AvgIpc) is 2.80. The van der Waals surface area contributed by atoms with Gasteiger partial charge < -0.3 is 21.1 Å². The fraction of sp³-hybridized carbons (Fsp3) is 0.0417. The summed E-state index contributed by atoms with van der Waals surface area (Å²) >= 11 is 3.34. The highest BCUT2D eigenvalue weighted by Gasteiger charge is 2.10. The smallest absolute Gasteiger partial charge is 0.262 e. The van der Waals surface area contributed by atoms with Crippen LogP contribution in [0.1, 0.15) is 5.56 Å². The normalized spacial score (nSPS) is 10.4. The lowest BCUT2D eigenvalue weighted by molar-refractivity contribution is -0.118. The lowest BCUT2D eigenvalue weighted by Gasteiger charge is -2.12. The van der Waals surface area contributed by atoms with Crippen molar-refractivity contribution in [2.45, 2.75) is 0 Å². The third kappa shape index (κ3) is 4.96. The number of amides is 1. The first-order valence-electron chi connectivity index (χ1n) is 9.58. The van der Waals surface area contributed by atoms with Crippen LogP contribution in [-0.2, 0) is 4.79 Å². The summed E-state index contributed by atoms with van der Waals surface area (Å²) in [5, 5.41) is 6.74. The molecule has 0 bridgehead atoms. The predicted octanol–water partition coefficient (Wildman–Crippen LogP) is 4.72. The lowest BCUT2D eigenvalue weighted by atomic mass is 10.2. The molecule has 0 aliphatic heterocycles. The molecule has 0 radical (unpaired) electrons. The van der Waals surface area contributed by atoms with Crippen LogP contribution in [0, 0.1) is 12.3 Å². The molecule has 7 nitrogen and oxygen atoms in total. The van der Waals surface area contributed by atoms with Gasteiger partial charge in [0.1, 0.15) is 17.9 Å². The molecule has 0 aliphatic rings. The van der Waals surface area contributed by atoms with E-state index >= 15 is 0 Å². The van der Waals surface area contributed by atoms with E-state index in [-0.39, 0.29) is 12.5 Å². The fourth-order valence-electron chi connectivity index (χ4n) is 3.03. The van der Waals surface area contributed by atoms with Gasteiger partial charge in [-0.05, 0) is 54.6 Å². The van der Waals surface area contributed by atoms with Gasteiger partial charge in [0, 0.05) is 21.1 Å². The van der Waals surface area contributed by atoms with Gasteiger partial charge in [-0.1, -0.05) is 27.9 Å². The van der Waals surface area contributed by atoms with Gasteiger partial charge in [0.05, 0.1) is 16.9 Å². The molecule has 0 saturated heterocycles. The van der Waals surface area contributed by atoms with Crippen molar-refractivity contribution in [3.63, 3.8) is 0 Å². The van der Waals surface area contributed by atoms with Crippen LogP contribution in [0.2, 0.25) is 0 Å². The maximum Gasteiger partial charge on any atom is 0.262 e. The van der Waals surface area contributed by atoms with Crippen LogP contribution in [0.15, 0.2) is 71.5 Å². The number of nitrogen functional groups attached to an aromatic ring is 1. The molecule has 0 atom stereocenters. The number of nitrogens with zero attached hydrogens (tertiary/aromatic N) is 2. The van der Waals surface area contributed by atoms with Gasteiger partial charge in [-0.2, -0.15) is 0 Å². The number of carbonyl (C=O) groups excluding carboxylic acids is 1. The summed E-state index contributed by atoms with van der Waals surface area (Å²) < 4.78 is 6.51. The minimum atomic E-state index is -0.326. The van der Waals surface area contributed by atoms with Crippen molar-refractivity contribution in [2.75, 3.05) is 23.0 Å². The summed E-state index contributed by atoms with van der Waals surface area (Å²) in [7, 11) is 0. The predicted molar refractivity (Wildman–Crippen MR) is 130 cm³/mol. The third-order valence-corrected chi connectivity index (χ3v) is 5.05. The average molecular weight is 488 g/mol. The number of aromatic nitrogens is 2. The first kappa shape index (κ1) is 21.2. The Bertz CT molecular complexity index is 1350. The Hall–Kier alpha value is -4.09. The molecule has 1 heterocycles. The van der Waals surface area contributed by atoms with E-state index in [1.807, 2.05) is 24.3 Å². The van der Waals surface area contributed by atoms with Gasteiger partial charge in [0.25, 0.3) is 5.91 Å². The van der Waals surface area contributed by atoms with Gasteiger partial charge >= 0.3 is 0 Å². The van der Waals surface area contributed by atoms with E-state index in [0.29, 0.717) is 22.9 Å². The van der Waals surface area contributed by atoms with Crippen molar-refractivity contribution < 1.29 is 9.53 Å². The summed E-state index contributed by atoms with van der Waals surface area (Å²) in [6.07, 6.45) is 6.96. The minimum Gasteiger partial charge on any atom is -0.484 e. The Morgan fingerprint density at radius 3 is 2.81 bits per heavy atom. The number of nitrogens with one attached hydrogen (secondary N) is 2. The zero-order chi connectivity index (χ0) is 22.5. The van der Waals surface area contributed by atoms with Crippen molar-refractivity contribution in [2.24, 2.45) is 0 Å². The Balaban J connectivity index is 1.49. The van der Waals surface area contributed by atoms with Crippen molar-refractivity contribution in [3.05, 3.63) is 77.0 Å². The number of ether oxygens (including phenoxy) is 1. The topological polar surface area (TPSA) is 102 Å². The molecule has 4 rings (SSSR count). The molecule has 0 unspecified atom stereocenters. The van der Waals surface area contributed by atoms with Crippen molar-refractivity contribution in [3.8, 4) is 18.1 Å². The molecule has 0 aliphatic carbocycles. The number of halogens is 1. The lowest BCUT2D eigenvalue weighted by Crippen LogP contribution is -2.20. The Morgan fingerprint density at radius 1 is 1.12 bits per heavy atom. The van der Waals surface area contributed by atoms with E-state index in [9.17, 15) is 4.79 Å². The van der Waals surface area contributed by atoms with Crippen LogP contribution in [0.4, 0.5) is 22.9 Å². The fourth-order valence-corrected chi connectivity index (χ4v) is 3.41. The molecule has 1 aromatic heterocycles. The van der Waals surface area contributed by atoms with Gasteiger partial charge in [0.15, 0.2) is 6.61 Å². The number of carbonyl (C=O) groups is 1. The molecular weight excluding hydrogens is 470 g/mol. The van der Waals surface area contributed by atoms with Crippen LogP contribution < -0.4 is 21.1 Å². The van der Waals surface area contributed by atoms with E-state index < -0.39 is 0 Å². The molecule has 0 spiro atoms. The van der Waals surface area contributed by atoms with Gasteiger partial charge in [0.2, 0.25) is 0 Å². The first-order chi connectivity index (χ1) is 15.5. The molecule has 4 aromatic rings. The maximum atomic E-state index is 12.3. The number of anilines is 4. The van der Waals surface area contributed by atoms with Crippen LogP contribution in [0.3, 0.4) is 0 Å². The number of rotatable bonds is 6. The summed E-state index contributed by atoms with van der Waals surface area (Å²) in [6.45, 7) is -0.179. The number of nitrogens with two attached hydrogens (primary N) is 1. The van der Waals surface area contributed by atoms with Crippen molar-refractivity contribution in [1.29, 1.82) is 0 Å². The highest BCUT2D eigenvalue weighted by atomic mass is 79.9. The highest BCUT2D eigenvalue weighted by Crippen LogP contribution is 2.27. The van der Waals surface area contributed by atoms with Gasteiger partial charge in [-0.25, -0.2) is 9.97 Å². The largest absolute Gasteiger partial charge is 0.484 e. The molecule has 158 valence electrons. The molecule has 0 saturated carbocycles. The second-order valence-electron chi connectivity index (χ2n) is 6.82. The third-order valence-electron chi connectivity index (χ3n) is 4.56. The van der Waals surface area contributed by atoms with Crippen LogP contribution in [0.5, 0.6) is 5.75 Å². The Kier molecular flexibility index (Phi) is 6.19.